The highest BCUT2D eigenvalue weighted by atomic mass is 28.5. The van der Waals surface area contributed by atoms with Crippen molar-refractivity contribution >= 4 is 39.1 Å². The van der Waals surface area contributed by atoms with Crippen LogP contribution in [-0.4, -0.2) is 69.2 Å². The van der Waals surface area contributed by atoms with E-state index in [-0.39, 0.29) is 51.0 Å². The minimum absolute atomic E-state index is 0.0983. The molecule has 0 fully saturated rings. The molecule has 0 spiro atoms. The third-order valence-electron chi connectivity index (χ3n) is 10.7. The van der Waals surface area contributed by atoms with Crippen LogP contribution in [0.2, 0.25) is 25.2 Å². The topological polar surface area (TPSA) is 107 Å². The number of halogens is 4. The summed E-state index contributed by atoms with van der Waals surface area (Å²) in [5.74, 6) is 0.698. The molecule has 6 rings (SSSR count). The van der Waals surface area contributed by atoms with E-state index in [2.05, 4.69) is 0 Å². The van der Waals surface area contributed by atoms with Crippen molar-refractivity contribution in [2.45, 2.75) is 75.6 Å². The Hall–Kier alpha value is -5.07. The Kier molecular flexibility index (Phi) is 15.4. The van der Waals surface area contributed by atoms with E-state index in [0.29, 0.717) is 44.6 Å². The van der Waals surface area contributed by atoms with E-state index in [9.17, 15) is 9.59 Å². The first-order valence-electron chi connectivity index (χ1n) is 20.2. The molecule has 15 heteroatoms. The van der Waals surface area contributed by atoms with Crippen molar-refractivity contribution in [2.24, 2.45) is 0 Å². The summed E-state index contributed by atoms with van der Waals surface area (Å²) in [5, 5.41) is 1.37. The molecule has 61 heavy (non-hydrogen) atoms. The first kappa shape index (κ1) is 45.5. The summed E-state index contributed by atoms with van der Waals surface area (Å²) in [7, 11) is -3.40. The fourth-order valence-corrected chi connectivity index (χ4v) is 14.1. The molecule has 2 aromatic heterocycles. The summed E-state index contributed by atoms with van der Waals surface area (Å²) in [6.45, 7) is 3.19. The summed E-state index contributed by atoms with van der Waals surface area (Å²) in [5.41, 5.74) is 1.94. The van der Waals surface area contributed by atoms with E-state index in [0.717, 1.165) is 11.1 Å². The number of fused-ring (bicyclic) bond motifs is 2. The van der Waals surface area contributed by atoms with Gasteiger partial charge < -0.3 is 31.3 Å². The maximum atomic E-state index is 15.1. The molecule has 0 saturated carbocycles. The van der Waals surface area contributed by atoms with E-state index in [1.807, 2.05) is 60.7 Å². The third kappa shape index (κ3) is 12.1. The molecule has 0 bridgehead atoms. The van der Waals surface area contributed by atoms with Gasteiger partial charge in [-0.25, -0.2) is 27.2 Å². The average Bonchev–Trinajstić information content (AvgIpc) is 3.27. The van der Waals surface area contributed by atoms with Gasteiger partial charge in [0, 0.05) is 50.0 Å². The molecule has 0 aliphatic carbocycles. The summed E-state index contributed by atoms with van der Waals surface area (Å²) < 4.78 is 100. The molecule has 6 atom stereocenters. The molecule has 0 amide bonds. The molecule has 0 radical (unpaired) electrons. The molecule has 6 unspecified atom stereocenters. The van der Waals surface area contributed by atoms with Crippen LogP contribution in [0.3, 0.4) is 0 Å². The molecule has 2 heterocycles. The highest BCUT2D eigenvalue weighted by molar-refractivity contribution is 6.80. The predicted molar refractivity (Wildman–Crippen MR) is 233 cm³/mol. The third-order valence-corrected chi connectivity index (χ3v) is 18.3. The number of rotatable bonds is 22. The van der Waals surface area contributed by atoms with Crippen LogP contribution in [0, 0.1) is 0 Å². The molecule has 0 aliphatic rings. The lowest BCUT2D eigenvalue weighted by Gasteiger charge is -2.36. The van der Waals surface area contributed by atoms with Crippen LogP contribution in [0.5, 0.6) is 11.5 Å². The zero-order chi connectivity index (χ0) is 43.6. The van der Waals surface area contributed by atoms with Gasteiger partial charge in [-0.2, -0.15) is 0 Å². The van der Waals surface area contributed by atoms with Crippen LogP contribution in [0.1, 0.15) is 25.7 Å². The highest BCUT2D eigenvalue weighted by Crippen LogP contribution is 2.31. The van der Waals surface area contributed by atoms with Gasteiger partial charge in [-0.05, 0) is 85.5 Å². The summed E-state index contributed by atoms with van der Waals surface area (Å²) in [6, 6.07) is 31.9. The summed E-state index contributed by atoms with van der Waals surface area (Å²) in [4.78, 5) is 25.3. The van der Waals surface area contributed by atoms with Crippen molar-refractivity contribution in [3.05, 3.63) is 130 Å². The quantitative estimate of drug-likeness (QED) is 0.0374. The standard InChI is InChI=1S/C46H50F4O9Si2/c1-53-60(3,25-21-41(49)39(47)19-23-55-35-17-15-33-27-37(31-11-7-5-8-12-31)45(51)57-43(33)29-35)59-61(4,54-2)26-22-42(50)40(48)20-24-56-36-18-16-34-28-38(32-13-9-6-10-14-32)46(52)58-44(34)30-36/h5-18,27-30,39-42H,19-26H2,1-4H3. The molecular weight excluding hydrogens is 829 g/mol. The second kappa shape index (κ2) is 20.7. The summed E-state index contributed by atoms with van der Waals surface area (Å²) >= 11 is 0. The Morgan fingerprint density at radius 2 is 0.902 bits per heavy atom. The van der Waals surface area contributed by atoms with Crippen molar-refractivity contribution in [1.82, 2.24) is 0 Å². The predicted octanol–water partition coefficient (Wildman–Crippen LogP) is 11.1. The minimum Gasteiger partial charge on any atom is -0.493 e. The Balaban J connectivity index is 0.925. The van der Waals surface area contributed by atoms with Gasteiger partial charge in [-0.3, -0.25) is 0 Å². The average molecular weight is 879 g/mol. The zero-order valence-electron chi connectivity index (χ0n) is 34.5. The molecule has 6 aromatic rings. The maximum absolute atomic E-state index is 15.1. The first-order chi connectivity index (χ1) is 29.3. The van der Waals surface area contributed by atoms with Gasteiger partial charge in [-0.15, -0.1) is 0 Å². The van der Waals surface area contributed by atoms with Crippen LogP contribution in [0.15, 0.2) is 128 Å². The van der Waals surface area contributed by atoms with Gasteiger partial charge >= 0.3 is 28.4 Å². The molecule has 324 valence electrons. The second-order valence-electron chi connectivity index (χ2n) is 15.2. The highest BCUT2D eigenvalue weighted by Gasteiger charge is 2.43. The Labute approximate surface area is 353 Å². The molecule has 0 aliphatic heterocycles. The van der Waals surface area contributed by atoms with Crippen molar-refractivity contribution in [3.63, 3.8) is 0 Å². The Morgan fingerprint density at radius 3 is 1.28 bits per heavy atom. The number of hydrogen-bond acceptors (Lipinski definition) is 9. The second-order valence-corrected chi connectivity index (χ2v) is 22.4. The van der Waals surface area contributed by atoms with Gasteiger partial charge in [0.25, 0.3) is 0 Å². The smallest absolute Gasteiger partial charge is 0.344 e. The Bertz CT molecular complexity index is 2300. The van der Waals surface area contributed by atoms with Crippen LogP contribution in [0.25, 0.3) is 44.2 Å². The van der Waals surface area contributed by atoms with Crippen LogP contribution < -0.4 is 20.7 Å². The van der Waals surface area contributed by atoms with Crippen molar-refractivity contribution in [3.8, 4) is 33.8 Å². The van der Waals surface area contributed by atoms with E-state index in [1.54, 1.807) is 61.6 Å². The molecule has 9 nitrogen and oxygen atoms in total. The van der Waals surface area contributed by atoms with Gasteiger partial charge in [0.05, 0.1) is 24.3 Å². The normalized spacial score (nSPS) is 15.7. The minimum atomic E-state index is -3.13. The molecule has 0 N–H and O–H groups in total. The van der Waals surface area contributed by atoms with Crippen LogP contribution in [0.4, 0.5) is 17.6 Å². The number of hydrogen-bond donors (Lipinski definition) is 0. The van der Waals surface area contributed by atoms with E-state index in [4.69, 9.17) is 31.3 Å². The number of alkyl halides is 4. The van der Waals surface area contributed by atoms with E-state index >= 15 is 17.6 Å². The Morgan fingerprint density at radius 1 is 0.525 bits per heavy atom. The van der Waals surface area contributed by atoms with Gasteiger partial charge in [0.2, 0.25) is 0 Å². The van der Waals surface area contributed by atoms with Crippen molar-refractivity contribution in [2.75, 3.05) is 27.4 Å². The molecular formula is C46H50F4O9Si2. The fraction of sp³-hybridized carbons (Fsp3) is 0.348. The zero-order valence-corrected chi connectivity index (χ0v) is 36.5. The molecule has 4 aromatic carbocycles. The molecule has 0 saturated heterocycles. The van der Waals surface area contributed by atoms with Crippen LogP contribution >= 0.6 is 0 Å². The lowest BCUT2D eigenvalue weighted by molar-refractivity contribution is 0.128. The lowest BCUT2D eigenvalue weighted by atomic mass is 10.1. The van der Waals surface area contributed by atoms with Gasteiger partial charge in [0.1, 0.15) is 47.4 Å². The SMILES string of the molecule is CO[Si](C)(CCC(F)C(F)CCOc1ccc2cc(-c3ccccc3)c(=O)oc2c1)O[Si](C)(CCC(F)C(F)CCOc1ccc2cc(-c3ccccc3)c(=O)oc2c1)OC. The monoisotopic (exact) mass is 878 g/mol. The van der Waals surface area contributed by atoms with Gasteiger partial charge in [-0.1, -0.05) is 60.7 Å². The van der Waals surface area contributed by atoms with E-state index < -0.39 is 53.1 Å². The maximum Gasteiger partial charge on any atom is 0.344 e. The van der Waals surface area contributed by atoms with Gasteiger partial charge in [0.15, 0.2) is 0 Å². The van der Waals surface area contributed by atoms with Crippen molar-refractivity contribution in [1.29, 1.82) is 0 Å². The van der Waals surface area contributed by atoms with Crippen molar-refractivity contribution < 1.29 is 48.8 Å². The summed E-state index contributed by atoms with van der Waals surface area (Å²) in [6.07, 6.45) is -8.16. The first-order valence-corrected chi connectivity index (χ1v) is 25.2. The number of benzene rings is 4. The fourth-order valence-electron chi connectivity index (χ4n) is 6.95. The largest absolute Gasteiger partial charge is 0.493 e. The van der Waals surface area contributed by atoms with Crippen LogP contribution in [-0.2, 0) is 13.0 Å². The van der Waals surface area contributed by atoms with E-state index in [1.165, 1.54) is 14.2 Å². The lowest BCUT2D eigenvalue weighted by Crippen LogP contribution is -2.51. The number of ether oxygens (including phenoxy) is 2.